The van der Waals surface area contributed by atoms with Gasteiger partial charge < -0.3 is 29.5 Å². The number of aliphatic hydroxyl groups is 3. The molecule has 1 aromatic rings. The number of benzene rings is 1. The second-order valence-electron chi connectivity index (χ2n) is 8.09. The monoisotopic (exact) mass is 468 g/mol. The lowest BCUT2D eigenvalue weighted by molar-refractivity contribution is -0.152. The van der Waals surface area contributed by atoms with Crippen molar-refractivity contribution >= 4 is 17.6 Å². The molecule has 178 valence electrons. The predicted octanol–water partition coefficient (Wildman–Crippen LogP) is 2.91. The second kappa shape index (κ2) is 13.6. The van der Waals surface area contributed by atoms with E-state index < -0.39 is 24.3 Å². The summed E-state index contributed by atoms with van der Waals surface area (Å²) in [6, 6.07) is 6.91. The Morgan fingerprint density at radius 2 is 2.03 bits per heavy atom. The van der Waals surface area contributed by atoms with Crippen molar-refractivity contribution in [3.8, 4) is 5.75 Å². The van der Waals surface area contributed by atoms with E-state index in [9.17, 15) is 20.1 Å². The molecule has 8 heteroatoms. The molecule has 0 spiro atoms. The third kappa shape index (κ3) is 9.30. The first-order valence-corrected chi connectivity index (χ1v) is 11.2. The number of allylic oxidation sites excluding steroid dienone is 1. The van der Waals surface area contributed by atoms with Gasteiger partial charge in [0.15, 0.2) is 0 Å². The Labute approximate surface area is 194 Å². The van der Waals surface area contributed by atoms with Crippen molar-refractivity contribution in [3.63, 3.8) is 0 Å². The predicted molar refractivity (Wildman–Crippen MR) is 122 cm³/mol. The minimum atomic E-state index is -0.867. The zero-order valence-electron chi connectivity index (χ0n) is 18.5. The van der Waals surface area contributed by atoms with Crippen LogP contribution < -0.4 is 4.74 Å². The van der Waals surface area contributed by atoms with Crippen molar-refractivity contribution in [2.75, 3.05) is 19.8 Å². The molecule has 0 bridgehead atoms. The van der Waals surface area contributed by atoms with Gasteiger partial charge in [-0.1, -0.05) is 42.0 Å². The summed E-state index contributed by atoms with van der Waals surface area (Å²) < 4.78 is 15.7. The van der Waals surface area contributed by atoms with Crippen LogP contribution in [0.25, 0.3) is 0 Å². The summed E-state index contributed by atoms with van der Waals surface area (Å²) >= 11 is 5.91. The van der Waals surface area contributed by atoms with Gasteiger partial charge >= 0.3 is 5.97 Å². The molecule has 5 atom stereocenters. The van der Waals surface area contributed by atoms with E-state index in [-0.39, 0.29) is 44.2 Å². The molecule has 0 aromatic heterocycles. The maximum absolute atomic E-state index is 11.4. The number of hydrogen-bond donors (Lipinski definition) is 3. The Balaban J connectivity index is 1.78. The first kappa shape index (κ1) is 26.4. The van der Waals surface area contributed by atoms with E-state index in [1.807, 2.05) is 6.08 Å². The molecule has 32 heavy (non-hydrogen) atoms. The molecule has 0 aliphatic heterocycles. The summed E-state index contributed by atoms with van der Waals surface area (Å²) in [6.07, 6.45) is 5.38. The van der Waals surface area contributed by atoms with E-state index in [0.29, 0.717) is 17.2 Å². The van der Waals surface area contributed by atoms with E-state index in [4.69, 9.17) is 25.8 Å². The number of carbonyl (C=O) groups is 1. The molecule has 1 saturated carbocycles. The fourth-order valence-corrected chi connectivity index (χ4v) is 3.77. The molecule has 7 nitrogen and oxygen atoms in total. The minimum Gasteiger partial charge on any atom is -0.491 e. The van der Waals surface area contributed by atoms with Crippen molar-refractivity contribution in [1.29, 1.82) is 0 Å². The third-order valence-corrected chi connectivity index (χ3v) is 5.30. The molecule has 1 aromatic carbocycles. The summed E-state index contributed by atoms with van der Waals surface area (Å²) in [7, 11) is 0. The van der Waals surface area contributed by atoms with E-state index in [2.05, 4.69) is 0 Å². The first-order chi connectivity index (χ1) is 15.3. The summed E-state index contributed by atoms with van der Waals surface area (Å²) in [5, 5.41) is 31.4. The number of rotatable bonds is 12. The number of halogens is 1. The molecule has 3 N–H and O–H groups in total. The van der Waals surface area contributed by atoms with Crippen LogP contribution in [0.4, 0.5) is 0 Å². The van der Waals surface area contributed by atoms with Crippen LogP contribution in [0.1, 0.15) is 26.7 Å². The molecule has 0 radical (unpaired) electrons. The summed E-state index contributed by atoms with van der Waals surface area (Å²) in [5.74, 6) is -0.336. The molecule has 1 aliphatic carbocycles. The van der Waals surface area contributed by atoms with Crippen LogP contribution >= 0.6 is 11.6 Å². The largest absolute Gasteiger partial charge is 0.491 e. The van der Waals surface area contributed by atoms with Gasteiger partial charge in [-0.05, 0) is 44.4 Å². The van der Waals surface area contributed by atoms with Gasteiger partial charge in [-0.15, -0.1) is 0 Å². The van der Waals surface area contributed by atoms with Crippen molar-refractivity contribution in [3.05, 3.63) is 53.6 Å². The first-order valence-electron chi connectivity index (χ1n) is 10.8. The molecule has 0 amide bonds. The fraction of sp³-hybridized carbons (Fsp3) is 0.542. The van der Waals surface area contributed by atoms with Gasteiger partial charge in [-0.3, -0.25) is 0 Å². The van der Waals surface area contributed by atoms with E-state index in [0.717, 1.165) is 0 Å². The lowest BCUT2D eigenvalue weighted by Gasteiger charge is -2.19. The third-order valence-electron chi connectivity index (χ3n) is 5.06. The standard InChI is InChI=1S/C24H33ClO7/c1-16(2)32-24(29)15-30-11-4-3-8-20-21(23(28)13-22(20)27)10-9-18(26)14-31-19-7-5-6-17(25)12-19/h3-7,9-10,12,16,18,20-23,26-28H,8,11,13-15H2,1-2H3/b4-3-,10-9+/t18?,20-,21-,22?,23?/m1/s1. The van der Waals surface area contributed by atoms with Crippen molar-refractivity contribution in [2.24, 2.45) is 11.8 Å². The lowest BCUT2D eigenvalue weighted by atomic mass is 9.90. The Morgan fingerprint density at radius 3 is 2.75 bits per heavy atom. The quantitative estimate of drug-likeness (QED) is 0.246. The topological polar surface area (TPSA) is 105 Å². The molecule has 2 rings (SSSR count). The number of esters is 1. The van der Waals surface area contributed by atoms with Crippen LogP contribution in [-0.2, 0) is 14.3 Å². The van der Waals surface area contributed by atoms with E-state index in [1.165, 1.54) is 0 Å². The van der Waals surface area contributed by atoms with E-state index >= 15 is 0 Å². The smallest absolute Gasteiger partial charge is 0.332 e. The van der Waals surface area contributed by atoms with Gasteiger partial charge in [0.2, 0.25) is 0 Å². The van der Waals surface area contributed by atoms with Crippen LogP contribution in [0.5, 0.6) is 5.75 Å². The second-order valence-corrected chi connectivity index (χ2v) is 8.53. The van der Waals surface area contributed by atoms with Crippen LogP contribution in [0.2, 0.25) is 5.02 Å². The van der Waals surface area contributed by atoms with Gasteiger partial charge in [-0.2, -0.15) is 0 Å². The van der Waals surface area contributed by atoms with Gasteiger partial charge in [-0.25, -0.2) is 4.79 Å². The average Bonchev–Trinajstić information content (AvgIpc) is 2.99. The highest BCUT2D eigenvalue weighted by atomic mass is 35.5. The Kier molecular flexibility index (Phi) is 11.2. The van der Waals surface area contributed by atoms with Crippen LogP contribution in [0, 0.1) is 11.8 Å². The molecule has 1 fully saturated rings. The van der Waals surface area contributed by atoms with Gasteiger partial charge in [0.25, 0.3) is 0 Å². The summed E-state index contributed by atoms with van der Waals surface area (Å²) in [6.45, 7) is 3.72. The number of aliphatic hydroxyl groups excluding tert-OH is 3. The highest BCUT2D eigenvalue weighted by Crippen LogP contribution is 2.36. The maximum Gasteiger partial charge on any atom is 0.332 e. The molecule has 0 heterocycles. The van der Waals surface area contributed by atoms with Crippen molar-refractivity contribution in [1.82, 2.24) is 0 Å². The normalized spacial score (nSPS) is 24.5. The van der Waals surface area contributed by atoms with Gasteiger partial charge in [0.1, 0.15) is 25.1 Å². The Morgan fingerprint density at radius 1 is 1.25 bits per heavy atom. The summed E-state index contributed by atoms with van der Waals surface area (Å²) in [5.41, 5.74) is 0. The minimum absolute atomic E-state index is 0.0450. The molecular formula is C24H33ClO7. The average molecular weight is 469 g/mol. The van der Waals surface area contributed by atoms with Crippen LogP contribution in [0.3, 0.4) is 0 Å². The van der Waals surface area contributed by atoms with E-state index in [1.54, 1.807) is 56.3 Å². The number of hydrogen-bond acceptors (Lipinski definition) is 7. The molecule has 0 saturated heterocycles. The SMILES string of the molecule is CC(C)OC(=O)COC/C=C\C[C@H]1C(O)CC(O)[C@@H]1/C=C/C(O)COc1cccc(Cl)c1. The van der Waals surface area contributed by atoms with Crippen LogP contribution in [0.15, 0.2) is 48.6 Å². The van der Waals surface area contributed by atoms with Crippen LogP contribution in [-0.4, -0.2) is 65.5 Å². The molecule has 3 unspecified atom stereocenters. The summed E-state index contributed by atoms with van der Waals surface area (Å²) in [4.78, 5) is 11.4. The molecule has 1 aliphatic rings. The Bertz CT molecular complexity index is 764. The van der Waals surface area contributed by atoms with Gasteiger partial charge in [0.05, 0.1) is 24.9 Å². The highest BCUT2D eigenvalue weighted by Gasteiger charge is 2.39. The maximum atomic E-state index is 11.4. The zero-order chi connectivity index (χ0) is 23.5. The fourth-order valence-electron chi connectivity index (χ4n) is 3.59. The Hall–Kier alpha value is -1.90. The number of carbonyl (C=O) groups excluding carboxylic acids is 1. The lowest BCUT2D eigenvalue weighted by Crippen LogP contribution is -2.21. The highest BCUT2D eigenvalue weighted by molar-refractivity contribution is 6.30. The number of ether oxygens (including phenoxy) is 3. The zero-order valence-corrected chi connectivity index (χ0v) is 19.2. The van der Waals surface area contributed by atoms with Crippen molar-refractivity contribution in [2.45, 2.75) is 51.1 Å². The molecular weight excluding hydrogens is 436 g/mol. The van der Waals surface area contributed by atoms with Crippen molar-refractivity contribution < 1.29 is 34.3 Å². The van der Waals surface area contributed by atoms with Gasteiger partial charge in [0, 0.05) is 17.4 Å².